The molecule has 19 heavy (non-hydrogen) atoms. The van der Waals surface area contributed by atoms with Gasteiger partial charge >= 0.3 is 12.0 Å². The summed E-state index contributed by atoms with van der Waals surface area (Å²) in [6.45, 7) is 4.37. The molecule has 0 fully saturated rings. The Labute approximate surface area is 116 Å². The van der Waals surface area contributed by atoms with Crippen LogP contribution in [0, 0.1) is 12.8 Å². The number of urea groups is 1. The molecule has 106 valence electrons. The van der Waals surface area contributed by atoms with E-state index in [2.05, 4.69) is 15.6 Å². The third-order valence-corrected chi connectivity index (χ3v) is 3.48. The van der Waals surface area contributed by atoms with Crippen molar-refractivity contribution in [2.45, 2.75) is 33.2 Å². The van der Waals surface area contributed by atoms with Crippen LogP contribution in [-0.4, -0.2) is 28.6 Å². The predicted molar refractivity (Wildman–Crippen MR) is 73.1 cm³/mol. The van der Waals surface area contributed by atoms with Gasteiger partial charge in [0.25, 0.3) is 0 Å². The van der Waals surface area contributed by atoms with Crippen molar-refractivity contribution in [1.82, 2.24) is 15.6 Å². The summed E-state index contributed by atoms with van der Waals surface area (Å²) < 4.78 is 0. The summed E-state index contributed by atoms with van der Waals surface area (Å²) >= 11 is 1.52. The first-order chi connectivity index (χ1) is 9.02. The molecule has 2 amide bonds. The maximum Gasteiger partial charge on any atom is 0.315 e. The SMILES string of the molecule is CCCC(CNC(=O)NCc1ncc(C)s1)C(=O)O. The Bertz CT molecular complexity index is 434. The van der Waals surface area contributed by atoms with Crippen LogP contribution in [0.2, 0.25) is 0 Å². The normalized spacial score (nSPS) is 11.9. The maximum atomic E-state index is 11.5. The number of carboxylic acid groups (broad SMARTS) is 1. The van der Waals surface area contributed by atoms with Crippen LogP contribution in [0.1, 0.15) is 29.7 Å². The highest BCUT2D eigenvalue weighted by Crippen LogP contribution is 2.10. The monoisotopic (exact) mass is 285 g/mol. The van der Waals surface area contributed by atoms with Crippen LogP contribution in [0.15, 0.2) is 6.20 Å². The van der Waals surface area contributed by atoms with Crippen LogP contribution in [0.5, 0.6) is 0 Å². The van der Waals surface area contributed by atoms with Crippen molar-refractivity contribution in [3.8, 4) is 0 Å². The second-order valence-electron chi connectivity index (χ2n) is 4.25. The Morgan fingerprint density at radius 2 is 2.21 bits per heavy atom. The number of carbonyl (C=O) groups excluding carboxylic acids is 1. The van der Waals surface area contributed by atoms with Gasteiger partial charge in [0, 0.05) is 17.6 Å². The summed E-state index contributed by atoms with van der Waals surface area (Å²) in [5.74, 6) is -1.41. The smallest absolute Gasteiger partial charge is 0.315 e. The molecule has 1 atom stereocenters. The first-order valence-corrected chi connectivity index (χ1v) is 7.00. The molecule has 0 aliphatic rings. The number of carbonyl (C=O) groups is 2. The predicted octanol–water partition coefficient (Wildman–Crippen LogP) is 1.75. The Kier molecular flexibility index (Phi) is 6.27. The van der Waals surface area contributed by atoms with E-state index in [0.29, 0.717) is 13.0 Å². The fourth-order valence-corrected chi connectivity index (χ4v) is 2.31. The molecule has 6 nitrogen and oxygen atoms in total. The van der Waals surface area contributed by atoms with Crippen LogP contribution in [0.3, 0.4) is 0 Å². The quantitative estimate of drug-likeness (QED) is 0.711. The lowest BCUT2D eigenvalue weighted by atomic mass is 10.0. The van der Waals surface area contributed by atoms with Gasteiger partial charge in [-0.3, -0.25) is 4.79 Å². The molecule has 0 aliphatic carbocycles. The second kappa shape index (κ2) is 7.73. The topological polar surface area (TPSA) is 91.3 Å². The lowest BCUT2D eigenvalue weighted by Gasteiger charge is -2.12. The highest BCUT2D eigenvalue weighted by atomic mass is 32.1. The summed E-state index contributed by atoms with van der Waals surface area (Å²) in [7, 11) is 0. The lowest BCUT2D eigenvalue weighted by molar-refractivity contribution is -0.141. The molecule has 0 spiro atoms. The summed E-state index contributed by atoms with van der Waals surface area (Å²) in [6, 6.07) is -0.366. The van der Waals surface area contributed by atoms with E-state index >= 15 is 0 Å². The molecule has 1 aromatic heterocycles. The van der Waals surface area contributed by atoms with Gasteiger partial charge < -0.3 is 15.7 Å². The van der Waals surface area contributed by atoms with E-state index in [4.69, 9.17) is 5.11 Å². The number of aromatic nitrogens is 1. The molecule has 1 aromatic rings. The zero-order valence-electron chi connectivity index (χ0n) is 11.1. The van der Waals surface area contributed by atoms with Gasteiger partial charge in [0.15, 0.2) is 0 Å². The molecule has 0 radical (unpaired) electrons. The number of thiazole rings is 1. The minimum atomic E-state index is -0.877. The average Bonchev–Trinajstić information content (AvgIpc) is 2.77. The van der Waals surface area contributed by atoms with Crippen LogP contribution < -0.4 is 10.6 Å². The molecule has 3 N–H and O–H groups in total. The molecule has 0 saturated carbocycles. The van der Waals surface area contributed by atoms with Gasteiger partial charge in [-0.05, 0) is 13.3 Å². The van der Waals surface area contributed by atoms with Crippen molar-refractivity contribution in [1.29, 1.82) is 0 Å². The minimum Gasteiger partial charge on any atom is -0.481 e. The van der Waals surface area contributed by atoms with E-state index < -0.39 is 11.9 Å². The number of amides is 2. The maximum absolute atomic E-state index is 11.5. The third kappa shape index (κ3) is 5.69. The fraction of sp³-hybridized carbons (Fsp3) is 0.583. The minimum absolute atomic E-state index is 0.145. The molecule has 0 saturated heterocycles. The first kappa shape index (κ1) is 15.4. The largest absolute Gasteiger partial charge is 0.481 e. The van der Waals surface area contributed by atoms with E-state index in [0.717, 1.165) is 16.3 Å². The summed E-state index contributed by atoms with van der Waals surface area (Å²) in [5, 5.41) is 15.0. The van der Waals surface area contributed by atoms with E-state index in [-0.39, 0.29) is 12.6 Å². The first-order valence-electron chi connectivity index (χ1n) is 6.18. The van der Waals surface area contributed by atoms with E-state index in [1.165, 1.54) is 11.3 Å². The molecule has 0 aromatic carbocycles. The van der Waals surface area contributed by atoms with E-state index in [9.17, 15) is 9.59 Å². The summed E-state index contributed by atoms with van der Waals surface area (Å²) in [4.78, 5) is 27.6. The summed E-state index contributed by atoms with van der Waals surface area (Å²) in [5.41, 5.74) is 0. The Morgan fingerprint density at radius 3 is 2.74 bits per heavy atom. The molecule has 1 unspecified atom stereocenters. The van der Waals surface area contributed by atoms with Crippen molar-refractivity contribution in [3.63, 3.8) is 0 Å². The Hall–Kier alpha value is -1.63. The van der Waals surface area contributed by atoms with Crippen LogP contribution >= 0.6 is 11.3 Å². The number of aryl methyl sites for hydroxylation is 1. The zero-order valence-corrected chi connectivity index (χ0v) is 11.9. The van der Waals surface area contributed by atoms with E-state index in [1.54, 1.807) is 6.20 Å². The van der Waals surface area contributed by atoms with Crippen LogP contribution in [0.4, 0.5) is 4.79 Å². The van der Waals surface area contributed by atoms with Crippen LogP contribution in [-0.2, 0) is 11.3 Å². The highest BCUT2D eigenvalue weighted by molar-refractivity contribution is 7.11. The van der Waals surface area contributed by atoms with E-state index in [1.807, 2.05) is 13.8 Å². The zero-order chi connectivity index (χ0) is 14.3. The Morgan fingerprint density at radius 1 is 1.47 bits per heavy atom. The number of nitrogens with one attached hydrogen (secondary N) is 2. The molecule has 1 heterocycles. The van der Waals surface area contributed by atoms with Crippen molar-refractivity contribution >= 4 is 23.3 Å². The summed E-state index contributed by atoms with van der Waals surface area (Å²) in [6.07, 6.45) is 3.08. The second-order valence-corrected chi connectivity index (χ2v) is 5.57. The lowest BCUT2D eigenvalue weighted by Crippen LogP contribution is -2.39. The van der Waals surface area contributed by atoms with Gasteiger partial charge in [-0.2, -0.15) is 0 Å². The third-order valence-electron chi connectivity index (χ3n) is 2.56. The highest BCUT2D eigenvalue weighted by Gasteiger charge is 2.17. The van der Waals surface area contributed by atoms with Crippen LogP contribution in [0.25, 0.3) is 0 Å². The number of rotatable bonds is 7. The van der Waals surface area contributed by atoms with Gasteiger partial charge in [0.05, 0.1) is 12.5 Å². The molecular weight excluding hydrogens is 266 g/mol. The van der Waals surface area contributed by atoms with Gasteiger partial charge in [0.2, 0.25) is 0 Å². The standard InChI is InChI=1S/C12H19N3O3S/c1-3-4-9(11(16)17)6-14-12(18)15-7-10-13-5-8(2)19-10/h5,9H,3-4,6-7H2,1-2H3,(H,16,17)(H2,14,15,18). The van der Waals surface area contributed by atoms with Gasteiger partial charge in [-0.15, -0.1) is 11.3 Å². The molecule has 1 rings (SSSR count). The molecule has 7 heteroatoms. The molecular formula is C12H19N3O3S. The van der Waals surface area contributed by atoms with Crippen molar-refractivity contribution in [2.75, 3.05) is 6.54 Å². The fourth-order valence-electron chi connectivity index (χ4n) is 1.58. The number of carboxylic acids is 1. The number of hydrogen-bond acceptors (Lipinski definition) is 4. The van der Waals surface area contributed by atoms with Crippen molar-refractivity contribution < 1.29 is 14.7 Å². The van der Waals surface area contributed by atoms with Gasteiger partial charge in [-0.1, -0.05) is 13.3 Å². The molecule has 0 aliphatic heterocycles. The van der Waals surface area contributed by atoms with Gasteiger partial charge in [0.1, 0.15) is 5.01 Å². The van der Waals surface area contributed by atoms with Crippen molar-refractivity contribution in [2.24, 2.45) is 5.92 Å². The number of aliphatic carboxylic acids is 1. The number of nitrogens with zero attached hydrogens (tertiary/aromatic N) is 1. The van der Waals surface area contributed by atoms with Gasteiger partial charge in [-0.25, -0.2) is 9.78 Å². The number of hydrogen-bond donors (Lipinski definition) is 3. The average molecular weight is 285 g/mol. The van der Waals surface area contributed by atoms with Crippen molar-refractivity contribution in [3.05, 3.63) is 16.1 Å². The Balaban J connectivity index is 2.28. The molecule has 0 bridgehead atoms.